The summed E-state index contributed by atoms with van der Waals surface area (Å²) in [7, 11) is 1.45. The van der Waals surface area contributed by atoms with Crippen LogP contribution in [0, 0.1) is 18.3 Å². The molecule has 0 unspecified atom stereocenters. The Morgan fingerprint density at radius 1 is 1.00 bits per heavy atom. The third kappa shape index (κ3) is 6.79. The predicted molar refractivity (Wildman–Crippen MR) is 183 cm³/mol. The maximum atomic E-state index is 14.3. The molecule has 0 bridgehead atoms. The van der Waals surface area contributed by atoms with Crippen molar-refractivity contribution in [3.8, 4) is 34.5 Å². The second-order valence-corrected chi connectivity index (χ2v) is 11.8. The molecule has 0 aliphatic heterocycles. The van der Waals surface area contributed by atoms with Crippen LogP contribution in [-0.2, 0) is 6.18 Å². The normalized spacial score (nSPS) is 12.9. The molecule has 8 nitrogen and oxygen atoms in total. The molecule has 1 N–H and O–H groups in total. The van der Waals surface area contributed by atoms with Gasteiger partial charge in [0.05, 0.1) is 40.0 Å². The minimum atomic E-state index is -4.84. The molecule has 0 radical (unpaired) electrons. The Morgan fingerprint density at radius 3 is 2.41 bits per heavy atom. The fraction of sp³-hybridized carbons (Fsp3) is 0.0811. The van der Waals surface area contributed by atoms with Crippen LogP contribution in [0.15, 0.2) is 119 Å². The Kier molecular flexibility index (Phi) is 9.02. The fourth-order valence-electron chi connectivity index (χ4n) is 5.11. The van der Waals surface area contributed by atoms with E-state index in [2.05, 4.69) is 4.99 Å². The van der Waals surface area contributed by atoms with Gasteiger partial charge in [-0.15, -0.1) is 11.3 Å². The summed E-state index contributed by atoms with van der Waals surface area (Å²) in [6, 6.07) is 29.6. The van der Waals surface area contributed by atoms with Gasteiger partial charge in [-0.1, -0.05) is 66.2 Å². The Hall–Kier alpha value is -6.19. The Balaban J connectivity index is 1.67. The highest BCUT2D eigenvalue weighted by Crippen LogP contribution is 2.33. The number of rotatable bonds is 7. The number of nitrogens with zero attached hydrogens (tertiary/aromatic N) is 5. The van der Waals surface area contributed by atoms with Crippen LogP contribution >= 0.6 is 11.3 Å². The molecule has 0 spiro atoms. The topological polar surface area (TPSA) is 105 Å². The van der Waals surface area contributed by atoms with Crippen LogP contribution in [-0.4, -0.2) is 32.5 Å². The summed E-state index contributed by atoms with van der Waals surface area (Å²) in [4.78, 5) is 18.3. The van der Waals surface area contributed by atoms with Gasteiger partial charge in [-0.2, -0.15) is 23.5 Å². The van der Waals surface area contributed by atoms with Gasteiger partial charge in [0.15, 0.2) is 0 Å². The monoisotopic (exact) mass is 677 g/mol. The standard InChI is InChI=1S/C37H26F3N5O3S/c1-23-15-17-24(18-16-23)33-25(22-44(43-33)27-10-4-3-5-11-27)19-32-35(47)45(31-14-7-6-13-30(31)37(38,39)40)36(49-32)29(21-41)34(46)42-26-9-8-12-28(20-26)48-2/h3-20,22H,1-2H3,(H,42,46)/b32-19-,36-29-. The first kappa shape index (κ1) is 32.7. The number of alkyl halides is 3. The third-order valence-electron chi connectivity index (χ3n) is 7.49. The first-order valence-corrected chi connectivity index (χ1v) is 15.6. The van der Waals surface area contributed by atoms with Crippen LogP contribution in [0.4, 0.5) is 18.9 Å². The van der Waals surface area contributed by atoms with Crippen molar-refractivity contribution in [1.29, 1.82) is 5.26 Å². The first-order valence-electron chi connectivity index (χ1n) is 14.8. The molecule has 6 aromatic rings. The van der Waals surface area contributed by atoms with Crippen LogP contribution in [0.5, 0.6) is 5.75 Å². The molecule has 2 heterocycles. The Bertz CT molecular complexity index is 2420. The quantitative estimate of drug-likeness (QED) is 0.147. The first-order chi connectivity index (χ1) is 23.6. The number of methoxy groups -OCH3 is 1. The molecular formula is C37H26F3N5O3S. The number of ether oxygens (including phenoxy) is 1. The van der Waals surface area contributed by atoms with E-state index in [0.717, 1.165) is 44.9 Å². The zero-order valence-electron chi connectivity index (χ0n) is 26.0. The summed E-state index contributed by atoms with van der Waals surface area (Å²) in [5, 5.41) is 26.2. The summed E-state index contributed by atoms with van der Waals surface area (Å²) >= 11 is 0.751. The van der Waals surface area contributed by atoms with Gasteiger partial charge in [0, 0.05) is 23.4 Å². The number of para-hydroxylation sites is 2. The van der Waals surface area contributed by atoms with Crippen LogP contribution in [0.25, 0.3) is 34.3 Å². The van der Waals surface area contributed by atoms with Gasteiger partial charge < -0.3 is 9.84 Å². The van der Waals surface area contributed by atoms with E-state index in [9.17, 15) is 28.3 Å². The predicted octanol–water partition coefficient (Wildman–Crippen LogP) is 6.88. The van der Waals surface area contributed by atoms with Gasteiger partial charge in [-0.3, -0.25) is 9.36 Å². The molecule has 0 aliphatic carbocycles. The van der Waals surface area contributed by atoms with E-state index >= 15 is 0 Å². The molecule has 6 rings (SSSR count). The number of benzene rings is 4. The smallest absolute Gasteiger partial charge is 0.418 e. The molecule has 244 valence electrons. The van der Waals surface area contributed by atoms with E-state index in [0.29, 0.717) is 17.0 Å². The summed E-state index contributed by atoms with van der Waals surface area (Å²) in [6.45, 7) is 1.95. The Labute approximate surface area is 281 Å². The van der Waals surface area contributed by atoms with Crippen molar-refractivity contribution in [2.24, 2.45) is 4.99 Å². The number of aliphatic hydroxyl groups excluding tert-OH is 1. The molecule has 4 aromatic carbocycles. The molecule has 0 saturated heterocycles. The minimum absolute atomic E-state index is 0.00474. The van der Waals surface area contributed by atoms with Crippen molar-refractivity contribution in [2.75, 3.05) is 7.11 Å². The SMILES string of the molecule is COc1cccc(N=C(O)/C(C#N)=c2\s/c(=C\c3cn(-c4ccccc4)nc3-c3ccc(C)cc3)c(=O)n2-c2ccccc2C(F)(F)F)c1. The van der Waals surface area contributed by atoms with E-state index in [1.54, 1.807) is 29.1 Å². The number of aliphatic imine (C=N–C) groups is 1. The van der Waals surface area contributed by atoms with Gasteiger partial charge in [0.2, 0.25) is 5.90 Å². The molecule has 0 aliphatic rings. The highest BCUT2D eigenvalue weighted by Gasteiger charge is 2.34. The number of hydrogen-bond donors (Lipinski definition) is 1. The second-order valence-electron chi connectivity index (χ2n) is 10.8. The largest absolute Gasteiger partial charge is 0.497 e. The number of thiazole rings is 1. The maximum Gasteiger partial charge on any atom is 0.418 e. The molecule has 0 fully saturated rings. The van der Waals surface area contributed by atoms with E-state index in [1.165, 1.54) is 31.4 Å². The molecule has 0 amide bonds. The number of aryl methyl sites for hydroxylation is 1. The summed E-state index contributed by atoms with van der Waals surface area (Å²) in [5.41, 5.74) is 0.828. The maximum absolute atomic E-state index is 14.3. The van der Waals surface area contributed by atoms with Crippen molar-refractivity contribution in [3.05, 3.63) is 146 Å². The molecular weight excluding hydrogens is 652 g/mol. The zero-order chi connectivity index (χ0) is 34.7. The van der Waals surface area contributed by atoms with Crippen molar-refractivity contribution in [3.63, 3.8) is 0 Å². The number of aliphatic hydroxyl groups is 1. The lowest BCUT2D eigenvalue weighted by atomic mass is 10.1. The van der Waals surface area contributed by atoms with Gasteiger partial charge in [0.1, 0.15) is 22.1 Å². The number of halogens is 3. The van der Waals surface area contributed by atoms with Crippen LogP contribution < -0.4 is 19.5 Å². The van der Waals surface area contributed by atoms with Gasteiger partial charge in [-0.05, 0) is 49.4 Å². The molecule has 12 heteroatoms. The number of nitriles is 1. The highest BCUT2D eigenvalue weighted by molar-refractivity contribution is 7.07. The van der Waals surface area contributed by atoms with Crippen molar-refractivity contribution < 1.29 is 23.0 Å². The Morgan fingerprint density at radius 2 is 1.71 bits per heavy atom. The van der Waals surface area contributed by atoms with E-state index < -0.39 is 34.5 Å². The molecule has 0 atom stereocenters. The molecule has 0 saturated carbocycles. The lowest BCUT2D eigenvalue weighted by Crippen LogP contribution is -2.33. The van der Waals surface area contributed by atoms with Crippen molar-refractivity contribution in [2.45, 2.75) is 13.1 Å². The molecule has 49 heavy (non-hydrogen) atoms. The summed E-state index contributed by atoms with van der Waals surface area (Å²) in [5.74, 6) is -0.365. The lowest BCUT2D eigenvalue weighted by Gasteiger charge is -2.13. The number of hydrogen-bond acceptors (Lipinski definition) is 6. The third-order valence-corrected chi connectivity index (χ3v) is 8.58. The van der Waals surface area contributed by atoms with Crippen LogP contribution in [0.1, 0.15) is 16.7 Å². The fourth-order valence-corrected chi connectivity index (χ4v) is 6.20. The van der Waals surface area contributed by atoms with Crippen LogP contribution in [0.2, 0.25) is 0 Å². The van der Waals surface area contributed by atoms with Gasteiger partial charge >= 0.3 is 6.18 Å². The van der Waals surface area contributed by atoms with Crippen molar-refractivity contribution >= 4 is 34.6 Å². The summed E-state index contributed by atoms with van der Waals surface area (Å²) < 4.78 is 50.3. The lowest BCUT2D eigenvalue weighted by molar-refractivity contribution is -0.137. The van der Waals surface area contributed by atoms with E-state index in [4.69, 9.17) is 9.84 Å². The molecule has 2 aromatic heterocycles. The van der Waals surface area contributed by atoms with Gasteiger partial charge in [0.25, 0.3) is 5.56 Å². The van der Waals surface area contributed by atoms with Crippen LogP contribution in [0.3, 0.4) is 0 Å². The highest BCUT2D eigenvalue weighted by atomic mass is 32.1. The average molecular weight is 678 g/mol. The zero-order valence-corrected chi connectivity index (χ0v) is 26.8. The van der Waals surface area contributed by atoms with Crippen molar-refractivity contribution in [1.82, 2.24) is 14.3 Å². The summed E-state index contributed by atoms with van der Waals surface area (Å²) in [6.07, 6.45) is -1.60. The van der Waals surface area contributed by atoms with E-state index in [1.807, 2.05) is 67.6 Å². The number of aromatic nitrogens is 3. The average Bonchev–Trinajstić information content (AvgIpc) is 3.66. The van der Waals surface area contributed by atoms with E-state index in [-0.39, 0.29) is 14.9 Å². The minimum Gasteiger partial charge on any atom is -0.497 e. The van der Waals surface area contributed by atoms with Gasteiger partial charge in [-0.25, -0.2) is 9.67 Å². The second kappa shape index (κ2) is 13.5.